The number of ether oxygens (including phenoxy) is 2. The van der Waals surface area contributed by atoms with E-state index in [2.05, 4.69) is 0 Å². The molecule has 40 heavy (non-hydrogen) atoms. The summed E-state index contributed by atoms with van der Waals surface area (Å²) in [7, 11) is 0. The molecule has 1 unspecified atom stereocenters. The number of aromatic hydroxyl groups is 1. The highest BCUT2D eigenvalue weighted by atomic mass is 16.6. The number of fused-ring (bicyclic) bond motifs is 5. The third-order valence-corrected chi connectivity index (χ3v) is 7.84. The van der Waals surface area contributed by atoms with Crippen LogP contribution in [-0.2, 0) is 53.8 Å². The lowest BCUT2D eigenvalue weighted by molar-refractivity contribution is -0.189. The Bertz CT molecular complexity index is 1740. The molecule has 2 amide bonds. The predicted octanol–water partition coefficient (Wildman–Crippen LogP) is 2.21. The summed E-state index contributed by atoms with van der Waals surface area (Å²) in [6.07, 6.45) is 2.53. The number of pyridine rings is 2. The summed E-state index contributed by atoms with van der Waals surface area (Å²) < 4.78 is 12.7. The summed E-state index contributed by atoms with van der Waals surface area (Å²) in [6.45, 7) is 3.42. The van der Waals surface area contributed by atoms with Crippen molar-refractivity contribution in [2.24, 2.45) is 0 Å². The van der Waals surface area contributed by atoms with Gasteiger partial charge in [0.1, 0.15) is 12.4 Å². The Hall–Kier alpha value is -4.80. The summed E-state index contributed by atoms with van der Waals surface area (Å²) in [5, 5.41) is 10.9. The second-order valence-corrected chi connectivity index (χ2v) is 9.93. The number of aryl methyl sites for hydroxylation is 1. The van der Waals surface area contributed by atoms with Gasteiger partial charge in [-0.3, -0.25) is 24.1 Å². The molecule has 6 rings (SSSR count). The van der Waals surface area contributed by atoms with Crippen molar-refractivity contribution in [1.29, 1.82) is 0 Å². The molecule has 0 spiro atoms. The monoisotopic (exact) mass is 543 g/mol. The van der Waals surface area contributed by atoms with E-state index < -0.39 is 29.4 Å². The molecule has 1 atom stereocenters. The van der Waals surface area contributed by atoms with Gasteiger partial charge in [-0.15, -0.1) is 0 Å². The lowest BCUT2D eigenvalue weighted by atomic mass is 9.85. The van der Waals surface area contributed by atoms with Gasteiger partial charge in [0.15, 0.2) is 0 Å². The molecule has 0 fully saturated rings. The van der Waals surface area contributed by atoms with Gasteiger partial charge >= 0.3 is 11.9 Å². The molecule has 3 aromatic rings. The first-order valence-electron chi connectivity index (χ1n) is 13.0. The minimum atomic E-state index is -1.88. The lowest BCUT2D eigenvalue weighted by Crippen LogP contribution is -2.47. The molecule has 0 saturated carbocycles. The number of hydrogen-bond acceptors (Lipinski definition) is 9. The Kier molecular flexibility index (Phi) is 5.83. The van der Waals surface area contributed by atoms with Crippen LogP contribution in [0.2, 0.25) is 0 Å². The standard InChI is InChI=1S/C29H25N3O8/c1-3-16-17-11-15(33)5-6-21(17)30-26-18(16)13-32-22(26)12-20-19(27(32)37)14-39-28(38)29(20,4-2)40-25(36)9-10-31-23(34)7-8-24(31)35/h5-8,11-12,33H,3-4,9-10,13-14H2,1-2H3. The van der Waals surface area contributed by atoms with Crippen molar-refractivity contribution in [2.45, 2.75) is 51.9 Å². The zero-order valence-corrected chi connectivity index (χ0v) is 21.9. The maximum Gasteiger partial charge on any atom is 0.355 e. The third kappa shape index (κ3) is 3.64. The number of phenols is 1. The Labute approximate surface area is 227 Å². The maximum absolute atomic E-state index is 13.8. The van der Waals surface area contributed by atoms with Crippen LogP contribution in [0.25, 0.3) is 22.3 Å². The number of imide groups is 1. The smallest absolute Gasteiger partial charge is 0.355 e. The number of cyclic esters (lactones) is 1. The van der Waals surface area contributed by atoms with E-state index in [1.807, 2.05) is 6.92 Å². The van der Waals surface area contributed by atoms with Gasteiger partial charge < -0.3 is 19.1 Å². The fourth-order valence-electron chi connectivity index (χ4n) is 5.81. The van der Waals surface area contributed by atoms with Gasteiger partial charge in [0.25, 0.3) is 17.4 Å². The van der Waals surface area contributed by atoms with Gasteiger partial charge in [-0.1, -0.05) is 13.8 Å². The summed E-state index contributed by atoms with van der Waals surface area (Å²) in [6, 6.07) is 6.60. The average Bonchev–Trinajstić information content (AvgIpc) is 3.46. The van der Waals surface area contributed by atoms with E-state index in [4.69, 9.17) is 14.5 Å². The molecule has 0 radical (unpaired) electrons. The average molecular weight is 544 g/mol. The van der Waals surface area contributed by atoms with Crippen molar-refractivity contribution in [3.63, 3.8) is 0 Å². The van der Waals surface area contributed by atoms with Gasteiger partial charge in [-0.25, -0.2) is 9.78 Å². The predicted molar refractivity (Wildman–Crippen MR) is 140 cm³/mol. The molecule has 11 nitrogen and oxygen atoms in total. The molecular formula is C29H25N3O8. The number of nitrogens with zero attached hydrogens (tertiary/aromatic N) is 3. The SMILES string of the molecule is CCc1c2c(nc3ccc(O)cc13)-c1cc3c(c(=O)n1C2)COC(=O)C3(CC)OC(=O)CCN1C(=O)C=CC1=O. The molecule has 3 aliphatic rings. The fourth-order valence-corrected chi connectivity index (χ4v) is 5.81. The van der Waals surface area contributed by atoms with E-state index in [0.29, 0.717) is 23.3 Å². The van der Waals surface area contributed by atoms with E-state index in [0.717, 1.165) is 33.6 Å². The van der Waals surface area contributed by atoms with E-state index in [9.17, 15) is 29.1 Å². The van der Waals surface area contributed by atoms with Gasteiger partial charge in [-0.2, -0.15) is 0 Å². The number of carbonyl (C=O) groups is 4. The highest BCUT2D eigenvalue weighted by Gasteiger charge is 2.50. The number of aromatic nitrogens is 2. The minimum Gasteiger partial charge on any atom is -0.508 e. The van der Waals surface area contributed by atoms with Gasteiger partial charge in [0.05, 0.1) is 35.4 Å². The highest BCUT2D eigenvalue weighted by molar-refractivity contribution is 6.13. The van der Waals surface area contributed by atoms with E-state index >= 15 is 0 Å². The van der Waals surface area contributed by atoms with Crippen LogP contribution in [0.3, 0.4) is 0 Å². The van der Waals surface area contributed by atoms with Crippen LogP contribution in [0.1, 0.15) is 48.9 Å². The maximum atomic E-state index is 13.8. The molecule has 1 aromatic carbocycles. The Morgan fingerprint density at radius 3 is 2.55 bits per heavy atom. The van der Waals surface area contributed by atoms with Crippen molar-refractivity contribution < 1.29 is 33.8 Å². The van der Waals surface area contributed by atoms with Crippen molar-refractivity contribution in [2.75, 3.05) is 6.54 Å². The van der Waals surface area contributed by atoms with Crippen molar-refractivity contribution in [3.05, 3.63) is 69.0 Å². The van der Waals surface area contributed by atoms with E-state index in [1.54, 1.807) is 35.8 Å². The topological polar surface area (TPSA) is 145 Å². The van der Waals surface area contributed by atoms with Gasteiger partial charge in [-0.05, 0) is 42.7 Å². The summed E-state index contributed by atoms with van der Waals surface area (Å²) in [5.41, 5.74) is 1.73. The van der Waals surface area contributed by atoms with Gasteiger partial charge in [0, 0.05) is 35.2 Å². The summed E-state index contributed by atoms with van der Waals surface area (Å²) >= 11 is 0. The molecule has 3 aliphatic heterocycles. The first-order valence-corrected chi connectivity index (χ1v) is 13.0. The number of esters is 2. The molecular weight excluding hydrogens is 518 g/mol. The number of hydrogen-bond donors (Lipinski definition) is 1. The zero-order chi connectivity index (χ0) is 28.3. The van der Waals surface area contributed by atoms with Crippen molar-refractivity contribution in [1.82, 2.24) is 14.5 Å². The van der Waals surface area contributed by atoms with E-state index in [-0.39, 0.29) is 55.0 Å². The van der Waals surface area contributed by atoms with Crippen LogP contribution in [-0.4, -0.2) is 49.9 Å². The van der Waals surface area contributed by atoms with Crippen molar-refractivity contribution >= 4 is 34.7 Å². The first kappa shape index (κ1) is 25.5. The molecule has 0 bridgehead atoms. The molecule has 11 heteroatoms. The molecule has 5 heterocycles. The quantitative estimate of drug-likeness (QED) is 0.286. The van der Waals surface area contributed by atoms with Crippen LogP contribution in [0, 0.1) is 0 Å². The Morgan fingerprint density at radius 1 is 1.10 bits per heavy atom. The number of amides is 2. The second-order valence-electron chi connectivity index (χ2n) is 9.93. The van der Waals surface area contributed by atoms with Crippen LogP contribution in [0.5, 0.6) is 5.75 Å². The van der Waals surface area contributed by atoms with Gasteiger partial charge in [0.2, 0.25) is 5.60 Å². The van der Waals surface area contributed by atoms with Crippen LogP contribution >= 0.6 is 0 Å². The van der Waals surface area contributed by atoms with Crippen molar-refractivity contribution in [3.8, 4) is 17.1 Å². The normalized spacial score (nSPS) is 19.1. The highest BCUT2D eigenvalue weighted by Crippen LogP contribution is 2.42. The van der Waals surface area contributed by atoms with E-state index in [1.165, 1.54) is 0 Å². The molecule has 1 N–H and O–H groups in total. The van der Waals surface area contributed by atoms with Crippen LogP contribution < -0.4 is 5.56 Å². The molecule has 0 saturated heterocycles. The Morgan fingerprint density at radius 2 is 1.85 bits per heavy atom. The molecule has 0 aliphatic carbocycles. The first-order chi connectivity index (χ1) is 19.2. The third-order valence-electron chi connectivity index (χ3n) is 7.84. The second kappa shape index (κ2) is 9.15. The lowest BCUT2D eigenvalue weighted by Gasteiger charge is -2.35. The van der Waals surface area contributed by atoms with Crippen LogP contribution in [0.15, 0.2) is 41.2 Å². The minimum absolute atomic E-state index is 0.00586. The largest absolute Gasteiger partial charge is 0.508 e. The number of benzene rings is 1. The Balaban J connectivity index is 1.43. The summed E-state index contributed by atoms with van der Waals surface area (Å²) in [4.78, 5) is 69.3. The molecule has 204 valence electrons. The molecule has 2 aromatic heterocycles. The number of phenolic OH excluding ortho intramolecular Hbond substituents is 1. The fraction of sp³-hybridized carbons (Fsp3) is 0.310. The zero-order valence-electron chi connectivity index (χ0n) is 21.9. The number of carbonyl (C=O) groups excluding carboxylic acids is 4. The number of rotatable bonds is 6. The van der Waals surface area contributed by atoms with Crippen LogP contribution in [0.4, 0.5) is 0 Å². The summed E-state index contributed by atoms with van der Waals surface area (Å²) in [5.74, 6) is -2.57.